The topological polar surface area (TPSA) is 9.23 Å². The molecule has 0 fully saturated rings. The summed E-state index contributed by atoms with van der Waals surface area (Å²) >= 11 is 5.71. The lowest BCUT2D eigenvalue weighted by molar-refractivity contribution is 0.415. The van der Waals surface area contributed by atoms with Crippen LogP contribution in [0, 0.1) is 0 Å². The molecule has 0 aliphatic heterocycles. The van der Waals surface area contributed by atoms with Crippen molar-refractivity contribution in [1.82, 2.24) is 0 Å². The summed E-state index contributed by atoms with van der Waals surface area (Å²) in [4.78, 5) is 0. The van der Waals surface area contributed by atoms with E-state index in [-0.39, 0.29) is 0 Å². The molecule has 0 saturated heterocycles. The number of methoxy groups -OCH3 is 1. The van der Waals surface area contributed by atoms with Crippen LogP contribution in [0.3, 0.4) is 0 Å². The Balaban J connectivity index is 2.20. The van der Waals surface area contributed by atoms with Gasteiger partial charge in [-0.2, -0.15) is 0 Å². The third-order valence-corrected chi connectivity index (χ3v) is 2.95. The number of halogens is 1. The third kappa shape index (κ3) is 3.01. The molecule has 0 radical (unpaired) electrons. The second kappa shape index (κ2) is 5.74. The van der Waals surface area contributed by atoms with Crippen molar-refractivity contribution >= 4 is 11.6 Å². The molecule has 0 aliphatic rings. The number of aryl methyl sites for hydroxylation is 1. The molecule has 0 aromatic heterocycles. The summed E-state index contributed by atoms with van der Waals surface area (Å²) in [6, 6.07) is 16.6. The highest BCUT2D eigenvalue weighted by molar-refractivity contribution is 6.17. The second-order valence-electron chi connectivity index (χ2n) is 3.86. The molecule has 2 aromatic rings. The van der Waals surface area contributed by atoms with Crippen molar-refractivity contribution in [3.8, 4) is 16.9 Å². The van der Waals surface area contributed by atoms with Gasteiger partial charge in [0.2, 0.25) is 0 Å². The summed E-state index contributed by atoms with van der Waals surface area (Å²) in [7, 11) is 1.68. The highest BCUT2D eigenvalue weighted by Gasteiger charge is 1.98. The molecule has 2 aromatic carbocycles. The van der Waals surface area contributed by atoms with Gasteiger partial charge in [0.1, 0.15) is 5.75 Å². The van der Waals surface area contributed by atoms with Crippen LogP contribution >= 0.6 is 11.6 Å². The second-order valence-corrected chi connectivity index (χ2v) is 4.24. The van der Waals surface area contributed by atoms with E-state index in [1.807, 2.05) is 12.1 Å². The molecular formula is C15H15ClO. The van der Waals surface area contributed by atoms with E-state index < -0.39 is 0 Å². The number of benzene rings is 2. The van der Waals surface area contributed by atoms with Crippen molar-refractivity contribution in [2.45, 2.75) is 6.42 Å². The molecule has 0 bridgehead atoms. The van der Waals surface area contributed by atoms with Crippen LogP contribution in [0.15, 0.2) is 48.5 Å². The van der Waals surface area contributed by atoms with Gasteiger partial charge in [-0.05, 0) is 35.2 Å². The molecule has 17 heavy (non-hydrogen) atoms. The summed E-state index contributed by atoms with van der Waals surface area (Å²) < 4.78 is 5.14. The first kappa shape index (κ1) is 12.0. The number of rotatable bonds is 4. The number of alkyl halides is 1. The zero-order valence-corrected chi connectivity index (χ0v) is 10.6. The zero-order valence-electron chi connectivity index (χ0n) is 9.82. The monoisotopic (exact) mass is 246 g/mol. The fourth-order valence-corrected chi connectivity index (χ4v) is 1.97. The van der Waals surface area contributed by atoms with Crippen LogP contribution in [0.5, 0.6) is 5.75 Å². The van der Waals surface area contributed by atoms with Crippen molar-refractivity contribution in [2.75, 3.05) is 13.0 Å². The predicted molar refractivity (Wildman–Crippen MR) is 72.9 cm³/mol. The van der Waals surface area contributed by atoms with Crippen molar-refractivity contribution in [3.05, 3.63) is 54.1 Å². The Morgan fingerprint density at radius 1 is 0.882 bits per heavy atom. The Morgan fingerprint density at radius 3 is 1.88 bits per heavy atom. The molecule has 0 spiro atoms. The Kier molecular flexibility index (Phi) is 4.05. The number of hydrogen-bond acceptors (Lipinski definition) is 1. The van der Waals surface area contributed by atoms with E-state index in [1.54, 1.807) is 7.11 Å². The third-order valence-electron chi connectivity index (χ3n) is 2.76. The van der Waals surface area contributed by atoms with E-state index >= 15 is 0 Å². The summed E-state index contributed by atoms with van der Waals surface area (Å²) in [5.74, 6) is 1.55. The van der Waals surface area contributed by atoms with Crippen LogP contribution in [0.25, 0.3) is 11.1 Å². The van der Waals surface area contributed by atoms with E-state index in [4.69, 9.17) is 16.3 Å². The van der Waals surface area contributed by atoms with Gasteiger partial charge in [0.25, 0.3) is 0 Å². The lowest BCUT2D eigenvalue weighted by Gasteiger charge is -2.05. The molecule has 2 heteroatoms. The standard InChI is InChI=1S/C15H15ClO/c1-17-15-8-6-14(7-9-15)13-4-2-12(3-5-13)10-11-16/h2-9H,10-11H2,1H3. The van der Waals surface area contributed by atoms with E-state index in [0.29, 0.717) is 5.88 Å². The maximum absolute atomic E-state index is 5.71. The van der Waals surface area contributed by atoms with Gasteiger partial charge in [0, 0.05) is 5.88 Å². The lowest BCUT2D eigenvalue weighted by atomic mass is 10.0. The molecule has 0 saturated carbocycles. The minimum atomic E-state index is 0.669. The Hall–Kier alpha value is -1.47. The minimum absolute atomic E-state index is 0.669. The summed E-state index contributed by atoms with van der Waals surface area (Å²) in [5, 5.41) is 0. The molecule has 0 aliphatic carbocycles. The smallest absolute Gasteiger partial charge is 0.118 e. The normalized spacial score (nSPS) is 10.2. The summed E-state index contributed by atoms with van der Waals surface area (Å²) in [5.41, 5.74) is 3.69. The average Bonchev–Trinajstić information content (AvgIpc) is 2.40. The number of hydrogen-bond donors (Lipinski definition) is 0. The highest BCUT2D eigenvalue weighted by atomic mass is 35.5. The molecule has 0 heterocycles. The van der Waals surface area contributed by atoms with Crippen LogP contribution < -0.4 is 4.74 Å². The first-order valence-corrected chi connectivity index (χ1v) is 6.16. The van der Waals surface area contributed by atoms with Crippen LogP contribution in [0.4, 0.5) is 0 Å². The Morgan fingerprint density at radius 2 is 1.41 bits per heavy atom. The molecule has 0 unspecified atom stereocenters. The fourth-order valence-electron chi connectivity index (χ4n) is 1.76. The molecular weight excluding hydrogens is 232 g/mol. The van der Waals surface area contributed by atoms with Crippen LogP contribution in [0.1, 0.15) is 5.56 Å². The van der Waals surface area contributed by atoms with Crippen molar-refractivity contribution in [2.24, 2.45) is 0 Å². The van der Waals surface area contributed by atoms with Gasteiger partial charge in [0.05, 0.1) is 7.11 Å². The van der Waals surface area contributed by atoms with Gasteiger partial charge in [0.15, 0.2) is 0 Å². The SMILES string of the molecule is COc1ccc(-c2ccc(CCCl)cc2)cc1. The van der Waals surface area contributed by atoms with Gasteiger partial charge in [-0.15, -0.1) is 11.6 Å². The van der Waals surface area contributed by atoms with Gasteiger partial charge < -0.3 is 4.74 Å². The molecule has 0 atom stereocenters. The van der Waals surface area contributed by atoms with Crippen molar-refractivity contribution in [1.29, 1.82) is 0 Å². The van der Waals surface area contributed by atoms with E-state index in [2.05, 4.69) is 36.4 Å². The molecule has 88 valence electrons. The summed E-state index contributed by atoms with van der Waals surface area (Å²) in [6.45, 7) is 0. The zero-order chi connectivity index (χ0) is 12.1. The fraction of sp³-hybridized carbons (Fsp3) is 0.200. The minimum Gasteiger partial charge on any atom is -0.497 e. The van der Waals surface area contributed by atoms with Gasteiger partial charge >= 0.3 is 0 Å². The van der Waals surface area contributed by atoms with E-state index in [1.165, 1.54) is 16.7 Å². The average molecular weight is 247 g/mol. The largest absolute Gasteiger partial charge is 0.497 e. The highest BCUT2D eigenvalue weighted by Crippen LogP contribution is 2.22. The quantitative estimate of drug-likeness (QED) is 0.737. The van der Waals surface area contributed by atoms with Gasteiger partial charge in [-0.1, -0.05) is 36.4 Å². The Labute approximate surface area is 107 Å². The van der Waals surface area contributed by atoms with Crippen LogP contribution in [-0.2, 0) is 6.42 Å². The van der Waals surface area contributed by atoms with Gasteiger partial charge in [-0.25, -0.2) is 0 Å². The first-order chi connectivity index (χ1) is 8.33. The van der Waals surface area contributed by atoms with Crippen LogP contribution in [-0.4, -0.2) is 13.0 Å². The summed E-state index contributed by atoms with van der Waals surface area (Å²) in [6.07, 6.45) is 0.921. The first-order valence-electron chi connectivity index (χ1n) is 5.63. The molecule has 2 rings (SSSR count). The molecule has 0 N–H and O–H groups in total. The molecule has 1 nitrogen and oxygen atoms in total. The van der Waals surface area contributed by atoms with Crippen molar-refractivity contribution in [3.63, 3.8) is 0 Å². The van der Waals surface area contributed by atoms with Gasteiger partial charge in [-0.3, -0.25) is 0 Å². The molecule has 0 amide bonds. The van der Waals surface area contributed by atoms with Crippen LogP contribution in [0.2, 0.25) is 0 Å². The Bertz CT molecular complexity index is 459. The maximum atomic E-state index is 5.71. The number of ether oxygens (including phenoxy) is 1. The van der Waals surface area contributed by atoms with Crippen molar-refractivity contribution < 1.29 is 4.74 Å². The van der Waals surface area contributed by atoms with E-state index in [9.17, 15) is 0 Å². The lowest BCUT2D eigenvalue weighted by Crippen LogP contribution is -1.86. The predicted octanol–water partition coefficient (Wildman–Crippen LogP) is 4.14. The van der Waals surface area contributed by atoms with E-state index in [0.717, 1.165) is 12.2 Å². The maximum Gasteiger partial charge on any atom is 0.118 e.